The molecule has 0 saturated carbocycles. The summed E-state index contributed by atoms with van der Waals surface area (Å²) < 4.78 is 1.72. The van der Waals surface area contributed by atoms with Crippen molar-refractivity contribution in [3.05, 3.63) is 34.2 Å². The Morgan fingerprint density at radius 2 is 1.86 bits per heavy atom. The summed E-state index contributed by atoms with van der Waals surface area (Å²) in [5.74, 6) is 0.273. The van der Waals surface area contributed by atoms with Crippen molar-refractivity contribution in [3.8, 4) is 0 Å². The molecule has 0 unspecified atom stereocenters. The number of rotatable bonds is 2. The van der Waals surface area contributed by atoms with E-state index in [0.29, 0.717) is 0 Å². The number of pyridine rings is 1. The van der Waals surface area contributed by atoms with Gasteiger partial charge in [-0.05, 0) is 13.8 Å². The summed E-state index contributed by atoms with van der Waals surface area (Å²) in [6.45, 7) is 8.04. The van der Waals surface area contributed by atoms with Gasteiger partial charge in [-0.3, -0.25) is 4.79 Å². The number of hydrogen-bond acceptors (Lipinski definition) is 1. The topological polar surface area (TPSA) is 22.0 Å². The zero-order valence-electron chi connectivity index (χ0n) is 9.24. The van der Waals surface area contributed by atoms with E-state index in [1.54, 1.807) is 16.8 Å². The third kappa shape index (κ3) is 3.03. The molecular weight excluding hydrogens is 251 g/mol. The molecule has 0 bridgehead atoms. The number of aromatic nitrogens is 1. The smallest absolute Gasteiger partial charge is 0.171 e. The van der Waals surface area contributed by atoms with Gasteiger partial charge in [0.15, 0.2) is 5.56 Å². The normalized spacial score (nSPS) is 10.4. The molecule has 0 fully saturated rings. The molecule has 3 heteroatoms. The van der Waals surface area contributed by atoms with Gasteiger partial charge >= 0.3 is 0 Å². The zero-order chi connectivity index (χ0) is 10.0. The molecule has 1 heterocycles. The molecular formula is C11H16NOY-. The minimum atomic E-state index is 0. The van der Waals surface area contributed by atoms with Crippen molar-refractivity contribution in [2.45, 2.75) is 39.7 Å². The molecule has 1 aromatic rings. The van der Waals surface area contributed by atoms with Gasteiger partial charge in [0.1, 0.15) is 0 Å². The fourth-order valence-corrected chi connectivity index (χ4v) is 1.27. The summed E-state index contributed by atoms with van der Waals surface area (Å²) in [7, 11) is 0. The first kappa shape index (κ1) is 14.1. The van der Waals surface area contributed by atoms with Crippen LogP contribution in [-0.4, -0.2) is 4.57 Å². The Labute approximate surface area is 111 Å². The van der Waals surface area contributed by atoms with Gasteiger partial charge in [-0.2, -0.15) is 0 Å². The Morgan fingerprint density at radius 3 is 2.29 bits per heavy atom. The van der Waals surface area contributed by atoms with E-state index in [0.717, 1.165) is 5.56 Å². The quantitative estimate of drug-likeness (QED) is 0.754. The van der Waals surface area contributed by atoms with Crippen molar-refractivity contribution >= 4 is 0 Å². The number of hydrogen-bond donors (Lipinski definition) is 0. The summed E-state index contributed by atoms with van der Waals surface area (Å²) in [6.07, 6.45) is 1.72. The average Bonchev–Trinajstić information content (AvgIpc) is 2.03. The summed E-state index contributed by atoms with van der Waals surface area (Å²) in [6, 6.07) is 4.99. The molecule has 0 aliphatic heterocycles. The average molecular weight is 267 g/mol. The first-order chi connectivity index (χ1) is 6.04. The predicted octanol–water partition coefficient (Wildman–Crippen LogP) is 2.35. The molecule has 0 saturated heterocycles. The van der Waals surface area contributed by atoms with Crippen LogP contribution < -0.4 is 5.56 Å². The maximum Gasteiger partial charge on any atom is 0.171 e. The van der Waals surface area contributed by atoms with Crippen molar-refractivity contribution < 1.29 is 32.7 Å². The molecule has 1 aromatic heterocycles. The second kappa shape index (κ2) is 5.82. The van der Waals surface area contributed by atoms with Gasteiger partial charge in [-0.25, -0.2) is 12.1 Å². The van der Waals surface area contributed by atoms with Crippen LogP contribution in [0.2, 0.25) is 0 Å². The monoisotopic (exact) mass is 267 g/mol. The van der Waals surface area contributed by atoms with E-state index in [1.807, 2.05) is 27.7 Å². The summed E-state index contributed by atoms with van der Waals surface area (Å²) in [4.78, 5) is 11.8. The van der Waals surface area contributed by atoms with E-state index in [1.165, 1.54) is 0 Å². The van der Waals surface area contributed by atoms with Crippen LogP contribution in [0.25, 0.3) is 0 Å². The van der Waals surface area contributed by atoms with E-state index in [-0.39, 0.29) is 50.2 Å². The molecule has 2 nitrogen and oxygen atoms in total. The second-order valence-electron chi connectivity index (χ2n) is 3.86. The van der Waals surface area contributed by atoms with Gasteiger partial charge in [-0.15, -0.1) is 5.56 Å². The van der Waals surface area contributed by atoms with E-state index in [9.17, 15) is 4.79 Å². The van der Waals surface area contributed by atoms with Crippen LogP contribution in [-0.2, 0) is 32.7 Å². The second-order valence-corrected chi connectivity index (χ2v) is 3.86. The summed E-state index contributed by atoms with van der Waals surface area (Å²) >= 11 is 0. The summed E-state index contributed by atoms with van der Waals surface area (Å²) in [5.41, 5.74) is 0.958. The Bertz CT molecular complexity index is 312. The third-order valence-electron chi connectivity index (χ3n) is 2.11. The minimum Gasteiger partial charge on any atom is -0.346 e. The minimum absolute atomic E-state index is 0. The van der Waals surface area contributed by atoms with Crippen LogP contribution in [0.5, 0.6) is 0 Å². The van der Waals surface area contributed by atoms with E-state index in [2.05, 4.69) is 6.07 Å². The van der Waals surface area contributed by atoms with Crippen LogP contribution in [0.3, 0.4) is 0 Å². The summed E-state index contributed by atoms with van der Waals surface area (Å²) in [5, 5.41) is 0. The van der Waals surface area contributed by atoms with Gasteiger partial charge in [0, 0.05) is 38.8 Å². The standard InChI is InChI=1S/C11H16NO.Y/c1-8(2)10-6-5-7-12(9(3)4)11(10)13;/h6-9H,1-4H3;/q-1;. The Hall–Kier alpha value is 0.0539. The number of nitrogens with zero attached hydrogens (tertiary/aromatic N) is 1. The van der Waals surface area contributed by atoms with E-state index in [4.69, 9.17) is 0 Å². The third-order valence-corrected chi connectivity index (χ3v) is 2.11. The van der Waals surface area contributed by atoms with E-state index >= 15 is 0 Å². The molecule has 0 aliphatic carbocycles. The van der Waals surface area contributed by atoms with Crippen LogP contribution in [0.1, 0.15) is 45.2 Å². The predicted molar refractivity (Wildman–Crippen MR) is 54.0 cm³/mol. The molecule has 75 valence electrons. The molecule has 1 radical (unpaired) electrons. The zero-order valence-corrected chi connectivity index (χ0v) is 12.1. The maximum absolute atomic E-state index is 11.8. The molecule has 0 aromatic carbocycles. The van der Waals surface area contributed by atoms with Crippen LogP contribution in [0.15, 0.2) is 17.1 Å². The maximum atomic E-state index is 11.8. The molecule has 0 spiro atoms. The van der Waals surface area contributed by atoms with Gasteiger partial charge in [0.25, 0.3) is 0 Å². The molecule has 14 heavy (non-hydrogen) atoms. The fraction of sp³-hybridized carbons (Fsp3) is 0.545. The Morgan fingerprint density at radius 1 is 1.29 bits per heavy atom. The molecule has 0 aliphatic rings. The van der Waals surface area contributed by atoms with Crippen molar-refractivity contribution in [3.63, 3.8) is 0 Å². The van der Waals surface area contributed by atoms with Gasteiger partial charge in [0.05, 0.1) is 0 Å². The van der Waals surface area contributed by atoms with E-state index < -0.39 is 0 Å². The Balaban J connectivity index is 0.00000169. The fourth-order valence-electron chi connectivity index (χ4n) is 1.27. The Kier molecular flexibility index (Phi) is 5.84. The van der Waals surface area contributed by atoms with Crippen LogP contribution >= 0.6 is 0 Å². The first-order valence-electron chi connectivity index (χ1n) is 4.66. The van der Waals surface area contributed by atoms with Crippen molar-refractivity contribution in [2.75, 3.05) is 0 Å². The van der Waals surface area contributed by atoms with Crippen LogP contribution in [0.4, 0.5) is 0 Å². The van der Waals surface area contributed by atoms with Crippen molar-refractivity contribution in [2.24, 2.45) is 0 Å². The van der Waals surface area contributed by atoms with Crippen molar-refractivity contribution in [1.29, 1.82) is 0 Å². The molecule has 1 rings (SSSR count). The molecule has 0 amide bonds. The first-order valence-corrected chi connectivity index (χ1v) is 4.66. The van der Waals surface area contributed by atoms with Crippen molar-refractivity contribution in [1.82, 2.24) is 4.57 Å². The van der Waals surface area contributed by atoms with Crippen LogP contribution in [0, 0.1) is 6.07 Å². The molecule has 0 atom stereocenters. The van der Waals surface area contributed by atoms with Gasteiger partial charge < -0.3 is 4.57 Å². The van der Waals surface area contributed by atoms with Gasteiger partial charge in [0.2, 0.25) is 0 Å². The molecule has 0 N–H and O–H groups in total. The largest absolute Gasteiger partial charge is 0.346 e. The SMILES string of the molecule is CC(C)c1c[c-]cn(C(C)C)c1=O.[Y]. The van der Waals surface area contributed by atoms with Gasteiger partial charge in [-0.1, -0.05) is 26.0 Å².